The van der Waals surface area contributed by atoms with Crippen molar-refractivity contribution in [1.29, 1.82) is 0 Å². The van der Waals surface area contributed by atoms with Crippen LogP contribution in [0.4, 0.5) is 5.69 Å². The van der Waals surface area contributed by atoms with Crippen LogP contribution >= 0.6 is 12.2 Å². The van der Waals surface area contributed by atoms with Crippen LogP contribution in [0.3, 0.4) is 0 Å². The second kappa shape index (κ2) is 7.09. The summed E-state index contributed by atoms with van der Waals surface area (Å²) in [6.07, 6.45) is 3.17. The van der Waals surface area contributed by atoms with Gasteiger partial charge in [-0.2, -0.15) is 0 Å². The standard InChI is InChI=1S/C14H20N4S/c1-2-3-10-15-14(19)16-13-9-11-18(17-13)12-7-5-4-6-8-12/h4-8H,2-3,9-11H2,1H3,(H2,15,16,17,19). The highest BCUT2D eigenvalue weighted by molar-refractivity contribution is 7.80. The van der Waals surface area contributed by atoms with Gasteiger partial charge in [0.1, 0.15) is 5.84 Å². The van der Waals surface area contributed by atoms with Gasteiger partial charge in [-0.25, -0.2) is 4.99 Å². The van der Waals surface area contributed by atoms with Gasteiger partial charge in [-0.05, 0) is 30.8 Å². The third-order valence-corrected chi connectivity index (χ3v) is 3.18. The van der Waals surface area contributed by atoms with Crippen LogP contribution in [0, 0.1) is 0 Å². The topological polar surface area (TPSA) is 39.7 Å². The van der Waals surface area contributed by atoms with Crippen molar-refractivity contribution in [3.8, 4) is 0 Å². The molecule has 0 amide bonds. The molecule has 102 valence electrons. The van der Waals surface area contributed by atoms with E-state index in [9.17, 15) is 0 Å². The molecule has 4 nitrogen and oxygen atoms in total. The van der Waals surface area contributed by atoms with Gasteiger partial charge in [-0.15, -0.1) is 0 Å². The van der Waals surface area contributed by atoms with Crippen LogP contribution in [0.1, 0.15) is 26.2 Å². The minimum atomic E-state index is 0.575. The molecule has 5 heteroatoms. The van der Waals surface area contributed by atoms with Crippen molar-refractivity contribution in [2.75, 3.05) is 18.1 Å². The quantitative estimate of drug-likeness (QED) is 0.655. The van der Waals surface area contributed by atoms with Crippen LogP contribution in [0.5, 0.6) is 0 Å². The van der Waals surface area contributed by atoms with Crippen LogP contribution in [-0.4, -0.2) is 24.0 Å². The molecule has 1 aliphatic heterocycles. The van der Waals surface area contributed by atoms with Crippen LogP contribution in [0.25, 0.3) is 0 Å². The largest absolute Gasteiger partial charge is 0.361 e. The molecule has 1 aromatic rings. The number of benzene rings is 1. The Balaban J connectivity index is 1.86. The number of hydrazine groups is 1. The fraction of sp³-hybridized carbons (Fsp3) is 0.429. The van der Waals surface area contributed by atoms with Crippen molar-refractivity contribution in [3.63, 3.8) is 0 Å². The zero-order chi connectivity index (χ0) is 13.5. The number of hydrogen-bond donors (Lipinski definition) is 2. The highest BCUT2D eigenvalue weighted by Gasteiger charge is 2.17. The number of nitrogens with one attached hydrogen (secondary N) is 2. The first-order chi connectivity index (χ1) is 9.29. The zero-order valence-electron chi connectivity index (χ0n) is 11.2. The van der Waals surface area contributed by atoms with Crippen molar-refractivity contribution in [2.45, 2.75) is 26.2 Å². The van der Waals surface area contributed by atoms with Gasteiger partial charge in [0, 0.05) is 19.5 Å². The predicted molar refractivity (Wildman–Crippen MR) is 84.5 cm³/mol. The highest BCUT2D eigenvalue weighted by Crippen LogP contribution is 2.14. The number of unbranched alkanes of at least 4 members (excludes halogenated alkanes) is 1. The highest BCUT2D eigenvalue weighted by atomic mass is 32.1. The van der Waals surface area contributed by atoms with Crippen molar-refractivity contribution < 1.29 is 0 Å². The Morgan fingerprint density at radius 2 is 2.21 bits per heavy atom. The lowest BCUT2D eigenvalue weighted by Gasteiger charge is -2.17. The summed E-state index contributed by atoms with van der Waals surface area (Å²) in [6, 6.07) is 10.2. The Morgan fingerprint density at radius 1 is 1.42 bits per heavy atom. The van der Waals surface area contributed by atoms with Crippen LogP contribution in [0.15, 0.2) is 35.3 Å². The summed E-state index contributed by atoms with van der Waals surface area (Å²) >= 11 is 5.20. The lowest BCUT2D eigenvalue weighted by Crippen LogP contribution is -2.34. The van der Waals surface area contributed by atoms with E-state index in [1.54, 1.807) is 0 Å². The number of hydrogen-bond acceptors (Lipinski definition) is 2. The SMILES string of the molecule is CCCCNC(=S)/N=C1\CCN(c2ccccc2)N1. The maximum absolute atomic E-state index is 5.20. The lowest BCUT2D eigenvalue weighted by molar-refractivity contribution is 0.756. The molecule has 0 bridgehead atoms. The Kier molecular flexibility index (Phi) is 5.15. The minimum Gasteiger partial charge on any atom is -0.361 e. The van der Waals surface area contributed by atoms with Gasteiger partial charge in [0.25, 0.3) is 0 Å². The third-order valence-electron chi connectivity index (χ3n) is 2.95. The summed E-state index contributed by atoms with van der Waals surface area (Å²) in [4.78, 5) is 4.41. The lowest BCUT2D eigenvalue weighted by atomic mass is 10.3. The van der Waals surface area contributed by atoms with E-state index in [1.165, 1.54) is 0 Å². The van der Waals surface area contributed by atoms with E-state index < -0.39 is 0 Å². The molecule has 0 aliphatic carbocycles. The van der Waals surface area contributed by atoms with E-state index in [2.05, 4.69) is 39.8 Å². The minimum absolute atomic E-state index is 0.575. The Labute approximate surface area is 119 Å². The van der Waals surface area contributed by atoms with Gasteiger partial charge < -0.3 is 5.32 Å². The first-order valence-electron chi connectivity index (χ1n) is 6.74. The molecule has 1 aromatic carbocycles. The van der Waals surface area contributed by atoms with Gasteiger partial charge in [0.05, 0.1) is 5.69 Å². The smallest absolute Gasteiger partial charge is 0.194 e. The van der Waals surface area contributed by atoms with Crippen LogP contribution < -0.4 is 15.8 Å². The first-order valence-corrected chi connectivity index (χ1v) is 7.15. The van der Waals surface area contributed by atoms with Crippen molar-refractivity contribution in [1.82, 2.24) is 10.7 Å². The molecule has 0 saturated carbocycles. The fourth-order valence-corrected chi connectivity index (χ4v) is 2.11. The summed E-state index contributed by atoms with van der Waals surface area (Å²) in [5.41, 5.74) is 4.43. The molecule has 2 N–H and O–H groups in total. The number of anilines is 1. The van der Waals surface area contributed by atoms with Crippen LogP contribution in [0.2, 0.25) is 0 Å². The number of aliphatic imine (C=N–C) groups is 1. The van der Waals surface area contributed by atoms with E-state index in [0.717, 1.165) is 43.9 Å². The zero-order valence-corrected chi connectivity index (χ0v) is 12.0. The third kappa shape index (κ3) is 4.21. The van der Waals surface area contributed by atoms with Crippen molar-refractivity contribution in [3.05, 3.63) is 30.3 Å². The molecular weight excluding hydrogens is 256 g/mol. The van der Waals surface area contributed by atoms with E-state index in [4.69, 9.17) is 12.2 Å². The molecule has 0 aromatic heterocycles. The van der Waals surface area contributed by atoms with Crippen molar-refractivity contribution >= 4 is 28.9 Å². The molecule has 0 spiro atoms. The average Bonchev–Trinajstić information content (AvgIpc) is 2.88. The second-order valence-corrected chi connectivity index (χ2v) is 4.88. The number of thiocarbonyl (C=S) groups is 1. The Morgan fingerprint density at radius 3 is 2.95 bits per heavy atom. The predicted octanol–water partition coefficient (Wildman–Crippen LogP) is 2.47. The Hall–Kier alpha value is -1.62. The van der Waals surface area contributed by atoms with Gasteiger partial charge in [-0.3, -0.25) is 10.4 Å². The molecule has 0 radical (unpaired) electrons. The van der Waals surface area contributed by atoms with E-state index in [-0.39, 0.29) is 0 Å². The normalized spacial score (nSPS) is 16.5. The number of amidine groups is 1. The molecule has 1 heterocycles. The van der Waals surface area contributed by atoms with Crippen molar-refractivity contribution in [2.24, 2.45) is 4.99 Å². The summed E-state index contributed by atoms with van der Waals surface area (Å²) < 4.78 is 0. The average molecular weight is 276 g/mol. The van der Waals surface area contributed by atoms with Gasteiger partial charge in [-0.1, -0.05) is 31.5 Å². The molecule has 1 fully saturated rings. The van der Waals surface area contributed by atoms with Gasteiger partial charge >= 0.3 is 0 Å². The molecule has 0 atom stereocenters. The molecule has 19 heavy (non-hydrogen) atoms. The molecule has 1 saturated heterocycles. The van der Waals surface area contributed by atoms with E-state index >= 15 is 0 Å². The maximum Gasteiger partial charge on any atom is 0.194 e. The Bertz CT molecular complexity index is 444. The molecule has 2 rings (SSSR count). The van der Waals surface area contributed by atoms with Crippen LogP contribution in [-0.2, 0) is 0 Å². The monoisotopic (exact) mass is 276 g/mol. The maximum atomic E-state index is 5.20. The number of rotatable bonds is 4. The molecular formula is C14H20N4S. The van der Waals surface area contributed by atoms with Gasteiger partial charge in [0.2, 0.25) is 0 Å². The van der Waals surface area contributed by atoms with E-state index in [0.29, 0.717) is 5.11 Å². The second-order valence-electron chi connectivity index (χ2n) is 4.49. The van der Waals surface area contributed by atoms with Gasteiger partial charge in [0.15, 0.2) is 5.11 Å². The summed E-state index contributed by atoms with van der Waals surface area (Å²) in [7, 11) is 0. The summed E-state index contributed by atoms with van der Waals surface area (Å²) in [5, 5.41) is 5.82. The summed E-state index contributed by atoms with van der Waals surface area (Å²) in [6.45, 7) is 3.97. The van der Waals surface area contributed by atoms with E-state index in [1.807, 2.05) is 18.2 Å². The first kappa shape index (κ1) is 13.8. The fourth-order valence-electron chi connectivity index (χ4n) is 1.90. The molecule has 1 aliphatic rings. The molecule has 0 unspecified atom stereocenters. The number of para-hydroxylation sites is 1. The summed E-state index contributed by atoms with van der Waals surface area (Å²) in [5.74, 6) is 0.929. The number of nitrogens with zero attached hydrogens (tertiary/aromatic N) is 2.